The highest BCUT2D eigenvalue weighted by molar-refractivity contribution is 5.73. The molecule has 82 valence electrons. The van der Waals surface area contributed by atoms with Crippen LogP contribution in [0.5, 0.6) is 5.75 Å². The third kappa shape index (κ3) is 2.62. The fourth-order valence-electron chi connectivity index (χ4n) is 1.32. The first-order valence-electron chi connectivity index (χ1n) is 4.58. The lowest BCUT2D eigenvalue weighted by Gasteiger charge is -2.10. The number of nitrogens with two attached hydrogens (primary N) is 1. The van der Waals surface area contributed by atoms with Crippen LogP contribution in [-0.2, 0) is 16.0 Å². The van der Waals surface area contributed by atoms with Gasteiger partial charge in [0.2, 0.25) is 0 Å². The molecule has 0 saturated carbocycles. The number of carbonyl (C=O) groups excluding carboxylic acids is 1. The summed E-state index contributed by atoms with van der Waals surface area (Å²) in [5, 5.41) is 0. The van der Waals surface area contributed by atoms with Gasteiger partial charge in [0.05, 0.1) is 20.6 Å². The molecule has 2 N–H and O–H groups in total. The van der Waals surface area contributed by atoms with E-state index in [0.29, 0.717) is 11.4 Å². The van der Waals surface area contributed by atoms with Crippen LogP contribution in [0.1, 0.15) is 11.1 Å². The summed E-state index contributed by atoms with van der Waals surface area (Å²) in [5.41, 5.74) is 8.07. The molecule has 0 saturated heterocycles. The first-order valence-corrected chi connectivity index (χ1v) is 4.58. The summed E-state index contributed by atoms with van der Waals surface area (Å²) in [5.74, 6) is 0.397. The van der Waals surface area contributed by atoms with Crippen LogP contribution >= 0.6 is 0 Å². The summed E-state index contributed by atoms with van der Waals surface area (Å²) < 4.78 is 9.73. The Balaban J connectivity index is 3.00. The van der Waals surface area contributed by atoms with Crippen LogP contribution in [0.15, 0.2) is 12.1 Å². The number of anilines is 1. The van der Waals surface area contributed by atoms with E-state index in [2.05, 4.69) is 4.74 Å². The predicted octanol–water partition coefficient (Wildman–Crippen LogP) is 1.30. The summed E-state index contributed by atoms with van der Waals surface area (Å²) in [7, 11) is 2.93. The molecule has 0 amide bonds. The molecule has 15 heavy (non-hydrogen) atoms. The first kappa shape index (κ1) is 11.4. The Morgan fingerprint density at radius 3 is 2.60 bits per heavy atom. The monoisotopic (exact) mass is 209 g/mol. The van der Waals surface area contributed by atoms with Crippen LogP contribution in [-0.4, -0.2) is 20.2 Å². The molecule has 4 nitrogen and oxygen atoms in total. The average Bonchev–Trinajstić information content (AvgIpc) is 2.22. The van der Waals surface area contributed by atoms with Gasteiger partial charge in [0, 0.05) is 11.3 Å². The van der Waals surface area contributed by atoms with Gasteiger partial charge in [-0.05, 0) is 24.6 Å². The predicted molar refractivity (Wildman–Crippen MR) is 57.9 cm³/mol. The Hall–Kier alpha value is -1.71. The van der Waals surface area contributed by atoms with E-state index in [0.717, 1.165) is 11.1 Å². The molecule has 0 aliphatic rings. The second-order valence-electron chi connectivity index (χ2n) is 3.27. The van der Waals surface area contributed by atoms with Crippen LogP contribution in [0, 0.1) is 6.92 Å². The fraction of sp³-hybridized carbons (Fsp3) is 0.364. The van der Waals surface area contributed by atoms with Crippen molar-refractivity contribution >= 4 is 11.7 Å². The molecule has 1 aromatic carbocycles. The second-order valence-corrected chi connectivity index (χ2v) is 3.27. The molecule has 0 aliphatic heterocycles. The Morgan fingerprint density at radius 2 is 2.07 bits per heavy atom. The highest BCUT2D eigenvalue weighted by atomic mass is 16.5. The van der Waals surface area contributed by atoms with Crippen molar-refractivity contribution < 1.29 is 14.3 Å². The summed E-state index contributed by atoms with van der Waals surface area (Å²) in [6.45, 7) is 1.87. The molecule has 0 aromatic heterocycles. The lowest BCUT2D eigenvalue weighted by molar-refractivity contribution is -0.139. The molecule has 0 bridgehead atoms. The number of benzene rings is 1. The maximum absolute atomic E-state index is 11.1. The number of nitrogen functional groups attached to an aromatic ring is 1. The minimum atomic E-state index is -0.291. The van der Waals surface area contributed by atoms with Crippen LogP contribution in [0.4, 0.5) is 5.69 Å². The average molecular weight is 209 g/mol. The minimum Gasteiger partial charge on any atom is -0.496 e. The van der Waals surface area contributed by atoms with Gasteiger partial charge in [0.15, 0.2) is 0 Å². The minimum absolute atomic E-state index is 0.206. The molecule has 1 rings (SSSR count). The van der Waals surface area contributed by atoms with Gasteiger partial charge in [0.25, 0.3) is 0 Å². The van der Waals surface area contributed by atoms with Gasteiger partial charge in [-0.1, -0.05) is 0 Å². The Morgan fingerprint density at radius 1 is 1.40 bits per heavy atom. The molecule has 0 heterocycles. The number of ether oxygens (including phenoxy) is 2. The maximum Gasteiger partial charge on any atom is 0.309 e. The van der Waals surface area contributed by atoms with E-state index in [9.17, 15) is 4.79 Å². The molecule has 0 unspecified atom stereocenters. The molecule has 1 aromatic rings. The number of carbonyl (C=O) groups is 1. The zero-order valence-corrected chi connectivity index (χ0v) is 9.16. The van der Waals surface area contributed by atoms with E-state index in [1.165, 1.54) is 7.11 Å². The van der Waals surface area contributed by atoms with Crippen molar-refractivity contribution in [1.29, 1.82) is 0 Å². The van der Waals surface area contributed by atoms with E-state index >= 15 is 0 Å². The summed E-state index contributed by atoms with van der Waals surface area (Å²) in [4.78, 5) is 11.1. The van der Waals surface area contributed by atoms with Gasteiger partial charge in [-0.15, -0.1) is 0 Å². The zero-order valence-electron chi connectivity index (χ0n) is 9.16. The molecular formula is C11H15NO3. The number of esters is 1. The molecule has 0 spiro atoms. The third-order valence-electron chi connectivity index (χ3n) is 2.26. The number of hydrogen-bond donors (Lipinski definition) is 1. The topological polar surface area (TPSA) is 61.5 Å². The lowest BCUT2D eigenvalue weighted by atomic mass is 10.1. The standard InChI is InChI=1S/C11H15NO3/c1-7-9(12)4-8(5-10(7)14-2)6-11(13)15-3/h4-5H,6,12H2,1-3H3. The van der Waals surface area contributed by atoms with E-state index in [1.807, 2.05) is 6.92 Å². The van der Waals surface area contributed by atoms with Crippen molar-refractivity contribution in [1.82, 2.24) is 0 Å². The summed E-state index contributed by atoms with van der Waals surface area (Å²) in [6, 6.07) is 3.55. The molecular weight excluding hydrogens is 194 g/mol. The van der Waals surface area contributed by atoms with Gasteiger partial charge >= 0.3 is 5.97 Å². The van der Waals surface area contributed by atoms with E-state index < -0.39 is 0 Å². The van der Waals surface area contributed by atoms with E-state index in [-0.39, 0.29) is 12.4 Å². The Kier molecular flexibility index (Phi) is 3.55. The van der Waals surface area contributed by atoms with Gasteiger partial charge < -0.3 is 15.2 Å². The molecule has 0 fully saturated rings. The lowest BCUT2D eigenvalue weighted by Crippen LogP contribution is -2.06. The molecule has 0 radical (unpaired) electrons. The summed E-state index contributed by atoms with van der Waals surface area (Å²) >= 11 is 0. The molecule has 0 atom stereocenters. The van der Waals surface area contributed by atoms with Crippen LogP contribution in [0.2, 0.25) is 0 Å². The van der Waals surface area contributed by atoms with Crippen molar-refractivity contribution in [2.75, 3.05) is 20.0 Å². The van der Waals surface area contributed by atoms with Gasteiger partial charge in [0.1, 0.15) is 5.75 Å². The second kappa shape index (κ2) is 4.68. The number of methoxy groups -OCH3 is 2. The highest BCUT2D eigenvalue weighted by Crippen LogP contribution is 2.25. The Bertz CT molecular complexity index is 374. The highest BCUT2D eigenvalue weighted by Gasteiger charge is 2.08. The van der Waals surface area contributed by atoms with Crippen molar-refractivity contribution in [3.05, 3.63) is 23.3 Å². The zero-order chi connectivity index (χ0) is 11.4. The van der Waals surface area contributed by atoms with Crippen molar-refractivity contribution in [3.8, 4) is 5.75 Å². The smallest absolute Gasteiger partial charge is 0.309 e. The van der Waals surface area contributed by atoms with Crippen LogP contribution in [0.3, 0.4) is 0 Å². The first-order chi connectivity index (χ1) is 7.08. The van der Waals surface area contributed by atoms with E-state index in [1.54, 1.807) is 19.2 Å². The summed E-state index contributed by atoms with van der Waals surface area (Å²) in [6.07, 6.45) is 0.206. The van der Waals surface area contributed by atoms with Crippen LogP contribution < -0.4 is 10.5 Å². The van der Waals surface area contributed by atoms with Crippen LogP contribution in [0.25, 0.3) is 0 Å². The third-order valence-corrected chi connectivity index (χ3v) is 2.26. The van der Waals surface area contributed by atoms with Gasteiger partial charge in [-0.25, -0.2) is 0 Å². The number of rotatable bonds is 3. The van der Waals surface area contributed by atoms with Crippen molar-refractivity contribution in [2.24, 2.45) is 0 Å². The SMILES string of the molecule is COC(=O)Cc1cc(N)c(C)c(OC)c1. The van der Waals surface area contributed by atoms with E-state index in [4.69, 9.17) is 10.5 Å². The number of hydrogen-bond acceptors (Lipinski definition) is 4. The van der Waals surface area contributed by atoms with Gasteiger partial charge in [-0.3, -0.25) is 4.79 Å². The van der Waals surface area contributed by atoms with Crippen molar-refractivity contribution in [2.45, 2.75) is 13.3 Å². The normalized spacial score (nSPS) is 9.80. The van der Waals surface area contributed by atoms with Crippen molar-refractivity contribution in [3.63, 3.8) is 0 Å². The largest absolute Gasteiger partial charge is 0.496 e. The Labute approximate surface area is 89.0 Å². The molecule has 0 aliphatic carbocycles. The van der Waals surface area contributed by atoms with Gasteiger partial charge in [-0.2, -0.15) is 0 Å². The fourth-order valence-corrected chi connectivity index (χ4v) is 1.32. The quantitative estimate of drug-likeness (QED) is 0.602. The maximum atomic E-state index is 11.1. The molecule has 4 heteroatoms.